The highest BCUT2D eigenvalue weighted by molar-refractivity contribution is 5.95. The van der Waals surface area contributed by atoms with Crippen LogP contribution in [-0.4, -0.2) is 57.4 Å². The number of aromatic amines is 1. The van der Waals surface area contributed by atoms with Crippen molar-refractivity contribution in [1.82, 2.24) is 25.3 Å². The van der Waals surface area contributed by atoms with Gasteiger partial charge in [-0.05, 0) is 57.9 Å². The molecule has 2 amide bonds. The van der Waals surface area contributed by atoms with Crippen LogP contribution < -0.4 is 5.32 Å². The summed E-state index contributed by atoms with van der Waals surface area (Å²) in [6.45, 7) is 10.3. The molecule has 1 aliphatic carbocycles. The van der Waals surface area contributed by atoms with Crippen LogP contribution in [0, 0.1) is 17.7 Å². The van der Waals surface area contributed by atoms with Crippen LogP contribution in [0.15, 0.2) is 22.9 Å². The third-order valence-corrected chi connectivity index (χ3v) is 8.09. The summed E-state index contributed by atoms with van der Waals surface area (Å²) in [5.41, 5.74) is 1.29. The van der Waals surface area contributed by atoms with Crippen molar-refractivity contribution in [2.24, 2.45) is 11.8 Å². The van der Waals surface area contributed by atoms with E-state index >= 15 is 4.39 Å². The summed E-state index contributed by atoms with van der Waals surface area (Å²) in [5.74, 6) is 0.443. The lowest BCUT2D eigenvalue weighted by atomic mass is 9.79. The Kier molecular flexibility index (Phi) is 8.35. The smallest absolute Gasteiger partial charge is 0.410 e. The number of benzene rings is 1. The minimum absolute atomic E-state index is 0.137. The van der Waals surface area contributed by atoms with Gasteiger partial charge in [0.05, 0.1) is 36.5 Å². The number of hydrogen-bond acceptors (Lipinski definition) is 7. The van der Waals surface area contributed by atoms with Crippen molar-refractivity contribution in [1.29, 1.82) is 0 Å². The molecule has 2 aromatic heterocycles. The number of aromatic nitrogens is 3. The fourth-order valence-electron chi connectivity index (χ4n) is 5.83. The van der Waals surface area contributed by atoms with Gasteiger partial charge in [-0.25, -0.2) is 14.2 Å². The van der Waals surface area contributed by atoms with E-state index in [0.29, 0.717) is 53.7 Å². The minimum Gasteiger partial charge on any atom is -0.444 e. The Morgan fingerprint density at radius 2 is 2.00 bits per heavy atom. The average molecular weight is 570 g/mol. The van der Waals surface area contributed by atoms with E-state index in [1.54, 1.807) is 32.9 Å². The van der Waals surface area contributed by atoms with Crippen LogP contribution in [0.1, 0.15) is 99.8 Å². The van der Waals surface area contributed by atoms with Gasteiger partial charge in [-0.2, -0.15) is 0 Å². The van der Waals surface area contributed by atoms with Crippen LogP contribution in [0.25, 0.3) is 11.0 Å². The fourth-order valence-corrected chi connectivity index (χ4v) is 5.83. The molecule has 1 aliphatic heterocycles. The van der Waals surface area contributed by atoms with Crippen molar-refractivity contribution in [2.45, 2.75) is 84.4 Å². The van der Waals surface area contributed by atoms with E-state index in [9.17, 15) is 9.59 Å². The fraction of sp³-hybridized carbons (Fsp3) is 0.600. The number of rotatable bonds is 6. The molecule has 2 fully saturated rings. The second-order valence-corrected chi connectivity index (χ2v) is 12.3. The maximum atomic E-state index is 16.2. The SMILES string of the molecule is CCc1nocc1C(=O)N[C@H](c1nc2c(F)c([C@@H]3COCCN3C(=O)OC(C)(C)C)ccc2[nH]1)C1CCC(C)CC1. The lowest BCUT2D eigenvalue weighted by molar-refractivity contribution is -0.0337. The van der Waals surface area contributed by atoms with Gasteiger partial charge in [-0.3, -0.25) is 9.69 Å². The average Bonchev–Trinajstić information content (AvgIpc) is 3.59. The number of imidazole rings is 1. The topological polar surface area (TPSA) is 123 Å². The lowest BCUT2D eigenvalue weighted by Crippen LogP contribution is -2.46. The number of morpholine rings is 1. The molecule has 3 aromatic rings. The molecule has 2 atom stereocenters. The maximum Gasteiger partial charge on any atom is 0.410 e. The molecule has 0 spiro atoms. The molecule has 2 aliphatic rings. The molecule has 41 heavy (non-hydrogen) atoms. The summed E-state index contributed by atoms with van der Waals surface area (Å²) < 4.78 is 32.4. The van der Waals surface area contributed by atoms with Crippen molar-refractivity contribution < 1.29 is 28.0 Å². The molecular formula is C30H40FN5O5. The van der Waals surface area contributed by atoms with E-state index in [4.69, 9.17) is 19.0 Å². The van der Waals surface area contributed by atoms with Crippen molar-refractivity contribution in [3.05, 3.63) is 46.9 Å². The zero-order chi connectivity index (χ0) is 29.3. The first-order chi connectivity index (χ1) is 19.6. The largest absolute Gasteiger partial charge is 0.444 e. The summed E-state index contributed by atoms with van der Waals surface area (Å²) in [7, 11) is 0. The van der Waals surface area contributed by atoms with E-state index in [1.165, 1.54) is 11.2 Å². The van der Waals surface area contributed by atoms with Gasteiger partial charge in [0.25, 0.3) is 5.91 Å². The van der Waals surface area contributed by atoms with Crippen molar-refractivity contribution in [2.75, 3.05) is 19.8 Å². The number of carbonyl (C=O) groups excluding carboxylic acids is 2. The number of hydrogen-bond donors (Lipinski definition) is 2. The molecule has 0 radical (unpaired) electrons. The van der Waals surface area contributed by atoms with Crippen LogP contribution in [0.5, 0.6) is 0 Å². The number of H-pyrrole nitrogens is 1. The van der Waals surface area contributed by atoms with Crippen LogP contribution >= 0.6 is 0 Å². The molecular weight excluding hydrogens is 529 g/mol. The number of nitrogens with zero attached hydrogens (tertiary/aromatic N) is 3. The highest BCUT2D eigenvalue weighted by atomic mass is 19.1. The minimum atomic E-state index is -0.680. The monoisotopic (exact) mass is 569 g/mol. The van der Waals surface area contributed by atoms with Gasteiger partial charge in [-0.15, -0.1) is 0 Å². The molecule has 0 bridgehead atoms. The number of ether oxygens (including phenoxy) is 2. The predicted molar refractivity (Wildman–Crippen MR) is 150 cm³/mol. The Bertz CT molecular complexity index is 1390. The Hall–Kier alpha value is -3.47. The summed E-state index contributed by atoms with van der Waals surface area (Å²) in [5, 5.41) is 7.09. The summed E-state index contributed by atoms with van der Waals surface area (Å²) in [6.07, 6.45) is 5.35. The summed E-state index contributed by atoms with van der Waals surface area (Å²) in [6, 6.07) is 2.33. The normalized spacial score (nSPS) is 22.5. The first kappa shape index (κ1) is 29.0. The van der Waals surface area contributed by atoms with E-state index in [2.05, 4.69) is 22.4 Å². The third kappa shape index (κ3) is 6.24. The first-order valence-electron chi connectivity index (χ1n) is 14.5. The van der Waals surface area contributed by atoms with E-state index in [-0.39, 0.29) is 23.9 Å². The van der Waals surface area contributed by atoms with Crippen molar-refractivity contribution >= 4 is 23.0 Å². The molecule has 3 heterocycles. The van der Waals surface area contributed by atoms with Gasteiger partial charge in [0.2, 0.25) is 0 Å². The molecule has 10 nitrogen and oxygen atoms in total. The zero-order valence-electron chi connectivity index (χ0n) is 24.5. The molecule has 1 saturated carbocycles. The van der Waals surface area contributed by atoms with Crippen LogP contribution in [0.2, 0.25) is 0 Å². The van der Waals surface area contributed by atoms with Gasteiger partial charge in [-0.1, -0.05) is 37.9 Å². The van der Waals surface area contributed by atoms with Crippen molar-refractivity contribution in [3.63, 3.8) is 0 Å². The molecule has 1 saturated heterocycles. The molecule has 222 valence electrons. The number of fused-ring (bicyclic) bond motifs is 1. The van der Waals surface area contributed by atoms with Crippen LogP contribution in [0.4, 0.5) is 9.18 Å². The Labute approximate surface area is 239 Å². The first-order valence-corrected chi connectivity index (χ1v) is 14.5. The maximum absolute atomic E-state index is 16.2. The van der Waals surface area contributed by atoms with Gasteiger partial charge in [0.15, 0.2) is 5.82 Å². The highest BCUT2D eigenvalue weighted by Gasteiger charge is 2.36. The number of carbonyl (C=O) groups is 2. The Balaban J connectivity index is 1.47. The van der Waals surface area contributed by atoms with E-state index in [1.807, 2.05) is 6.92 Å². The summed E-state index contributed by atoms with van der Waals surface area (Å²) >= 11 is 0. The summed E-state index contributed by atoms with van der Waals surface area (Å²) in [4.78, 5) is 35.8. The lowest BCUT2D eigenvalue weighted by Gasteiger charge is -2.36. The molecule has 11 heteroatoms. The van der Waals surface area contributed by atoms with Gasteiger partial charge in [0.1, 0.15) is 28.8 Å². The quantitative estimate of drug-likeness (QED) is 0.381. The van der Waals surface area contributed by atoms with Crippen LogP contribution in [-0.2, 0) is 15.9 Å². The van der Waals surface area contributed by atoms with Gasteiger partial charge in [0, 0.05) is 12.1 Å². The zero-order valence-corrected chi connectivity index (χ0v) is 24.5. The predicted octanol–water partition coefficient (Wildman–Crippen LogP) is 5.86. The van der Waals surface area contributed by atoms with E-state index < -0.39 is 29.6 Å². The number of amides is 2. The second kappa shape index (κ2) is 11.8. The van der Waals surface area contributed by atoms with Gasteiger partial charge < -0.3 is 24.3 Å². The van der Waals surface area contributed by atoms with Crippen LogP contribution in [0.3, 0.4) is 0 Å². The molecule has 0 unspecified atom stereocenters. The third-order valence-electron chi connectivity index (χ3n) is 8.09. The van der Waals surface area contributed by atoms with Gasteiger partial charge >= 0.3 is 6.09 Å². The number of nitrogens with one attached hydrogen (secondary N) is 2. The Morgan fingerprint density at radius 3 is 2.71 bits per heavy atom. The second-order valence-electron chi connectivity index (χ2n) is 12.3. The number of halogens is 1. The molecule has 1 aromatic carbocycles. The molecule has 5 rings (SSSR count). The highest BCUT2D eigenvalue weighted by Crippen LogP contribution is 2.38. The molecule has 2 N–H and O–H groups in total. The number of aryl methyl sites for hydroxylation is 1. The van der Waals surface area contributed by atoms with Crippen molar-refractivity contribution in [3.8, 4) is 0 Å². The van der Waals surface area contributed by atoms with E-state index in [0.717, 1.165) is 25.7 Å². The Morgan fingerprint density at radius 1 is 1.24 bits per heavy atom. The standard InChI is InChI=1S/C30H40FN5O5/c1-6-21-20(15-40-35-21)28(37)34-25(18-9-7-17(2)8-10-18)27-32-22-12-11-19(24(31)26(22)33-27)23-16-39-14-13-36(23)29(38)41-30(3,4)5/h11-12,15,17-18,23,25H,6-10,13-14,16H2,1-5H3,(H,32,33)(H,34,37)/t17?,18?,23-,25-/m0/s1.